The van der Waals surface area contributed by atoms with Crippen LogP contribution in [0.15, 0.2) is 35.3 Å². The van der Waals surface area contributed by atoms with Gasteiger partial charge in [-0.05, 0) is 24.6 Å². The van der Waals surface area contributed by atoms with E-state index in [1.165, 1.54) is 10.6 Å². The zero-order valence-electron chi connectivity index (χ0n) is 11.0. The van der Waals surface area contributed by atoms with Gasteiger partial charge in [0, 0.05) is 19.3 Å². The van der Waals surface area contributed by atoms with Gasteiger partial charge in [0.15, 0.2) is 0 Å². The molecule has 0 bridgehead atoms. The Balaban J connectivity index is 2.28. The number of pyridine rings is 1. The average Bonchev–Trinajstić information content (AvgIpc) is 2.40. The third-order valence-electron chi connectivity index (χ3n) is 3.00. The molecule has 1 unspecified atom stereocenters. The summed E-state index contributed by atoms with van der Waals surface area (Å²) in [6, 6.07) is 6.70. The molecule has 2 rings (SSSR count). The maximum absolute atomic E-state index is 11.3. The minimum absolute atomic E-state index is 0.0595. The van der Waals surface area contributed by atoms with E-state index in [1.54, 1.807) is 25.4 Å². The van der Waals surface area contributed by atoms with Crippen molar-refractivity contribution in [3.63, 3.8) is 0 Å². The molecule has 0 aliphatic carbocycles. The number of halogens is 3. The standard InChI is InChI=1S/C14H13Cl3N2O/c1-8(10-4-5-11(15)14(17)13(10)16)18-9-3-6-12(20)19(2)7-9/h3-8,18H,1-2H3. The van der Waals surface area contributed by atoms with Crippen molar-refractivity contribution in [3.8, 4) is 0 Å². The third-order valence-corrected chi connectivity index (χ3v) is 4.31. The Labute approximate surface area is 132 Å². The Morgan fingerprint density at radius 1 is 1.10 bits per heavy atom. The van der Waals surface area contributed by atoms with Gasteiger partial charge in [-0.1, -0.05) is 40.9 Å². The lowest BCUT2D eigenvalue weighted by Gasteiger charge is -2.18. The molecule has 0 aliphatic rings. The van der Waals surface area contributed by atoms with Gasteiger partial charge in [-0.2, -0.15) is 0 Å². The zero-order valence-corrected chi connectivity index (χ0v) is 13.2. The van der Waals surface area contributed by atoms with Gasteiger partial charge in [-0.15, -0.1) is 0 Å². The third kappa shape index (κ3) is 3.11. The van der Waals surface area contributed by atoms with E-state index in [9.17, 15) is 4.79 Å². The first-order valence-electron chi connectivity index (χ1n) is 5.96. The molecule has 0 radical (unpaired) electrons. The predicted octanol–water partition coefficient (Wildman–Crippen LogP) is 4.52. The number of nitrogens with zero attached hydrogens (tertiary/aromatic N) is 1. The molecule has 1 aromatic heterocycles. The van der Waals surface area contributed by atoms with Crippen LogP contribution in [0, 0.1) is 0 Å². The number of hydrogen-bond acceptors (Lipinski definition) is 2. The van der Waals surface area contributed by atoms with Gasteiger partial charge in [0.1, 0.15) is 0 Å². The van der Waals surface area contributed by atoms with Gasteiger partial charge in [-0.3, -0.25) is 4.79 Å². The summed E-state index contributed by atoms with van der Waals surface area (Å²) in [4.78, 5) is 11.3. The first-order valence-corrected chi connectivity index (χ1v) is 7.10. The van der Waals surface area contributed by atoms with Gasteiger partial charge in [-0.25, -0.2) is 0 Å². The van der Waals surface area contributed by atoms with Crippen LogP contribution in [0.2, 0.25) is 15.1 Å². The van der Waals surface area contributed by atoms with Crippen molar-refractivity contribution in [3.05, 3.63) is 61.4 Å². The Kier molecular flexibility index (Phi) is 4.63. The normalized spacial score (nSPS) is 12.2. The summed E-state index contributed by atoms with van der Waals surface area (Å²) in [6.45, 7) is 1.95. The molecular weight excluding hydrogens is 319 g/mol. The predicted molar refractivity (Wildman–Crippen MR) is 85.2 cm³/mol. The fraction of sp³-hybridized carbons (Fsp3) is 0.214. The second-order valence-electron chi connectivity index (χ2n) is 4.50. The molecule has 2 aromatic rings. The first kappa shape index (κ1) is 15.2. The number of rotatable bonds is 3. The summed E-state index contributed by atoms with van der Waals surface area (Å²) < 4.78 is 1.51. The lowest BCUT2D eigenvalue weighted by atomic mass is 10.1. The summed E-state index contributed by atoms with van der Waals surface area (Å²) in [6.07, 6.45) is 1.73. The van der Waals surface area contributed by atoms with Gasteiger partial charge in [0.2, 0.25) is 5.56 Å². The quantitative estimate of drug-likeness (QED) is 0.839. The highest BCUT2D eigenvalue weighted by atomic mass is 35.5. The van der Waals surface area contributed by atoms with Gasteiger partial charge >= 0.3 is 0 Å². The number of aryl methyl sites for hydroxylation is 1. The maximum Gasteiger partial charge on any atom is 0.250 e. The Morgan fingerprint density at radius 2 is 1.80 bits per heavy atom. The van der Waals surface area contributed by atoms with Crippen molar-refractivity contribution in [2.45, 2.75) is 13.0 Å². The summed E-state index contributed by atoms with van der Waals surface area (Å²) >= 11 is 18.2. The van der Waals surface area contributed by atoms with Gasteiger partial charge < -0.3 is 9.88 Å². The fourth-order valence-corrected chi connectivity index (χ4v) is 2.59. The van der Waals surface area contributed by atoms with Gasteiger partial charge in [0.25, 0.3) is 0 Å². The molecule has 1 aromatic carbocycles. The van der Waals surface area contributed by atoms with E-state index in [-0.39, 0.29) is 11.6 Å². The van der Waals surface area contributed by atoms with Crippen LogP contribution in [-0.2, 0) is 7.05 Å². The fourth-order valence-electron chi connectivity index (χ4n) is 1.88. The molecule has 1 atom stereocenters. The smallest absolute Gasteiger partial charge is 0.250 e. The van der Waals surface area contributed by atoms with Crippen LogP contribution < -0.4 is 10.9 Å². The van der Waals surface area contributed by atoms with Crippen LogP contribution in [0.3, 0.4) is 0 Å². The largest absolute Gasteiger partial charge is 0.377 e. The van der Waals surface area contributed by atoms with Crippen LogP contribution >= 0.6 is 34.8 Å². The van der Waals surface area contributed by atoms with Crippen molar-refractivity contribution in [2.75, 3.05) is 5.32 Å². The summed E-state index contributed by atoms with van der Waals surface area (Å²) in [5.41, 5.74) is 1.60. The van der Waals surface area contributed by atoms with Gasteiger partial charge in [0.05, 0.1) is 26.8 Å². The average molecular weight is 332 g/mol. The summed E-state index contributed by atoms with van der Waals surface area (Å²) in [7, 11) is 1.70. The summed E-state index contributed by atoms with van der Waals surface area (Å²) in [5, 5.41) is 4.47. The molecule has 0 amide bonds. The molecule has 106 valence electrons. The van der Waals surface area contributed by atoms with Crippen LogP contribution in [0.1, 0.15) is 18.5 Å². The Bertz CT molecular complexity index is 697. The molecule has 0 spiro atoms. The van der Waals surface area contributed by atoms with Crippen molar-refractivity contribution in [1.82, 2.24) is 4.57 Å². The number of hydrogen-bond donors (Lipinski definition) is 1. The highest BCUT2D eigenvalue weighted by Gasteiger charge is 2.14. The van der Waals surface area contributed by atoms with E-state index < -0.39 is 0 Å². The molecule has 1 N–H and O–H groups in total. The summed E-state index contributed by atoms with van der Waals surface area (Å²) in [5.74, 6) is 0. The van der Waals surface area contributed by atoms with E-state index in [2.05, 4.69) is 5.32 Å². The minimum Gasteiger partial charge on any atom is -0.377 e. The second-order valence-corrected chi connectivity index (χ2v) is 5.66. The van der Waals surface area contributed by atoms with E-state index in [0.717, 1.165) is 11.3 Å². The van der Waals surface area contributed by atoms with Crippen LogP contribution in [0.5, 0.6) is 0 Å². The first-order chi connectivity index (χ1) is 9.40. The molecule has 1 heterocycles. The lowest BCUT2D eigenvalue weighted by molar-refractivity contribution is 0.840. The molecule has 0 aliphatic heterocycles. The number of aromatic nitrogens is 1. The molecular formula is C14H13Cl3N2O. The van der Waals surface area contributed by atoms with Crippen molar-refractivity contribution < 1.29 is 0 Å². The van der Waals surface area contributed by atoms with Crippen molar-refractivity contribution in [1.29, 1.82) is 0 Å². The highest BCUT2D eigenvalue weighted by Crippen LogP contribution is 2.36. The topological polar surface area (TPSA) is 34.0 Å². The van der Waals surface area contributed by atoms with E-state index in [0.29, 0.717) is 15.1 Å². The highest BCUT2D eigenvalue weighted by molar-refractivity contribution is 6.48. The lowest BCUT2D eigenvalue weighted by Crippen LogP contribution is -2.16. The second kappa shape index (κ2) is 6.08. The maximum atomic E-state index is 11.3. The van der Waals surface area contributed by atoms with Crippen LogP contribution in [-0.4, -0.2) is 4.57 Å². The number of benzene rings is 1. The van der Waals surface area contributed by atoms with E-state index in [4.69, 9.17) is 34.8 Å². The zero-order chi connectivity index (χ0) is 14.9. The SMILES string of the molecule is CC(Nc1ccc(=O)n(C)c1)c1ccc(Cl)c(Cl)c1Cl. The molecule has 20 heavy (non-hydrogen) atoms. The molecule has 0 saturated carbocycles. The van der Waals surface area contributed by atoms with Crippen molar-refractivity contribution in [2.24, 2.45) is 7.05 Å². The van der Waals surface area contributed by atoms with Crippen molar-refractivity contribution >= 4 is 40.5 Å². The number of nitrogens with one attached hydrogen (secondary N) is 1. The van der Waals surface area contributed by atoms with Crippen LogP contribution in [0.4, 0.5) is 5.69 Å². The van der Waals surface area contributed by atoms with Crippen LogP contribution in [0.25, 0.3) is 0 Å². The molecule has 3 nitrogen and oxygen atoms in total. The Morgan fingerprint density at radius 3 is 2.45 bits per heavy atom. The molecule has 6 heteroatoms. The monoisotopic (exact) mass is 330 g/mol. The van der Waals surface area contributed by atoms with E-state index >= 15 is 0 Å². The minimum atomic E-state index is -0.0743. The Hall–Kier alpha value is -1.16. The molecule has 0 fully saturated rings. The van der Waals surface area contributed by atoms with E-state index in [1.807, 2.05) is 13.0 Å². The molecule has 0 saturated heterocycles. The number of anilines is 1.